The highest BCUT2D eigenvalue weighted by atomic mass is 35.5. The number of carbonyl (C=O) groups is 1. The number of nitrogens with zero attached hydrogens (tertiary/aromatic N) is 3. The fourth-order valence-electron chi connectivity index (χ4n) is 4.32. The number of fused-ring (bicyclic) bond motifs is 9. The van der Waals surface area contributed by atoms with E-state index in [9.17, 15) is 30.8 Å². The number of aromatic nitrogens is 2. The Hall–Kier alpha value is -2.86. The normalized spacial score (nSPS) is 20.3. The minimum absolute atomic E-state index is 0.00409. The summed E-state index contributed by atoms with van der Waals surface area (Å²) in [5, 5.41) is -0.187. The molecule has 0 saturated heterocycles. The van der Waals surface area contributed by atoms with Gasteiger partial charge in [-0.25, -0.2) is 9.37 Å². The summed E-state index contributed by atoms with van der Waals surface area (Å²) >= 11 is 5.93. The van der Waals surface area contributed by atoms with E-state index in [1.165, 1.54) is 30.1 Å². The number of hydrogen-bond acceptors (Lipinski definition) is 5. The molecule has 0 saturated carbocycles. The summed E-state index contributed by atoms with van der Waals surface area (Å²) in [5.41, 5.74) is -5.06. The van der Waals surface area contributed by atoms with Crippen LogP contribution in [-0.4, -0.2) is 41.3 Å². The lowest BCUT2D eigenvalue weighted by Crippen LogP contribution is -2.31. The van der Waals surface area contributed by atoms with Crippen molar-refractivity contribution in [2.45, 2.75) is 24.0 Å². The predicted molar refractivity (Wildman–Crippen MR) is 104 cm³/mol. The first-order chi connectivity index (χ1) is 14.9. The van der Waals surface area contributed by atoms with Crippen molar-refractivity contribution in [3.8, 4) is 5.75 Å². The SMILES string of the molecule is CN1C(=O)c2cccc(OS(=O)(=O)C(F)(F)F)c2[C@H]2C[C@@H]1c1nc3cc(F)c(Cl)cc3n12. The molecule has 0 radical (unpaired) electrons. The fraction of sp³-hybridized carbons (Fsp3) is 0.263. The number of amides is 1. The first-order valence-corrected chi connectivity index (χ1v) is 11.0. The van der Waals surface area contributed by atoms with Crippen molar-refractivity contribution in [1.82, 2.24) is 14.5 Å². The summed E-state index contributed by atoms with van der Waals surface area (Å²) in [6.07, 6.45) is 0.203. The van der Waals surface area contributed by atoms with Gasteiger partial charge in [0.05, 0.1) is 28.1 Å². The van der Waals surface area contributed by atoms with Crippen LogP contribution in [0.15, 0.2) is 30.3 Å². The van der Waals surface area contributed by atoms with E-state index < -0.39 is 45.2 Å². The summed E-state index contributed by atoms with van der Waals surface area (Å²) in [4.78, 5) is 18.8. The third kappa shape index (κ3) is 2.82. The van der Waals surface area contributed by atoms with E-state index in [2.05, 4.69) is 9.17 Å². The number of benzene rings is 2. The minimum atomic E-state index is -5.98. The quantitative estimate of drug-likeness (QED) is 0.306. The van der Waals surface area contributed by atoms with Crippen molar-refractivity contribution in [2.75, 3.05) is 7.05 Å². The van der Waals surface area contributed by atoms with Gasteiger partial charge in [0.25, 0.3) is 5.91 Å². The minimum Gasteiger partial charge on any atom is -0.376 e. The second-order valence-electron chi connectivity index (χ2n) is 7.48. The van der Waals surface area contributed by atoms with E-state index in [1.54, 1.807) is 4.57 Å². The molecule has 2 aliphatic heterocycles. The number of alkyl halides is 3. The van der Waals surface area contributed by atoms with Crippen molar-refractivity contribution in [3.63, 3.8) is 0 Å². The second kappa shape index (κ2) is 6.58. The van der Waals surface area contributed by atoms with Crippen LogP contribution in [0.3, 0.4) is 0 Å². The lowest BCUT2D eigenvalue weighted by Gasteiger charge is -2.24. The molecule has 0 unspecified atom stereocenters. The van der Waals surface area contributed by atoms with E-state index in [4.69, 9.17) is 11.6 Å². The molecule has 7 nitrogen and oxygen atoms in total. The molecule has 2 aliphatic rings. The maximum atomic E-state index is 14.0. The molecule has 2 bridgehead atoms. The molecule has 3 aromatic rings. The smallest absolute Gasteiger partial charge is 0.376 e. The molecule has 32 heavy (non-hydrogen) atoms. The Morgan fingerprint density at radius 1 is 1.22 bits per heavy atom. The van der Waals surface area contributed by atoms with Crippen molar-refractivity contribution >= 4 is 38.7 Å². The monoisotopic (exact) mass is 489 g/mol. The molecule has 13 heteroatoms. The lowest BCUT2D eigenvalue weighted by molar-refractivity contribution is -0.0500. The van der Waals surface area contributed by atoms with Crippen LogP contribution in [-0.2, 0) is 10.1 Å². The van der Waals surface area contributed by atoms with Gasteiger partial charge in [-0.15, -0.1) is 0 Å². The average molecular weight is 490 g/mol. The van der Waals surface area contributed by atoms with Crippen LogP contribution in [0.4, 0.5) is 17.6 Å². The summed E-state index contributed by atoms with van der Waals surface area (Å²) in [6, 6.07) is 4.74. The van der Waals surface area contributed by atoms with Gasteiger partial charge in [0.2, 0.25) is 0 Å². The Bertz CT molecular complexity index is 1420. The molecule has 0 N–H and O–H groups in total. The molecule has 0 aliphatic carbocycles. The fourth-order valence-corrected chi connectivity index (χ4v) is 4.95. The van der Waals surface area contributed by atoms with Gasteiger partial charge in [0.1, 0.15) is 17.4 Å². The number of hydrogen-bond donors (Lipinski definition) is 0. The largest absolute Gasteiger partial charge is 0.534 e. The van der Waals surface area contributed by atoms with Crippen LogP contribution in [0.25, 0.3) is 11.0 Å². The van der Waals surface area contributed by atoms with Gasteiger partial charge in [0, 0.05) is 30.7 Å². The highest BCUT2D eigenvalue weighted by Crippen LogP contribution is 2.50. The van der Waals surface area contributed by atoms with Crippen molar-refractivity contribution in [2.24, 2.45) is 0 Å². The zero-order valence-corrected chi connectivity index (χ0v) is 17.6. The topological polar surface area (TPSA) is 81.5 Å². The molecule has 2 atom stereocenters. The molecule has 5 rings (SSSR count). The first kappa shape index (κ1) is 21.0. The van der Waals surface area contributed by atoms with Crippen molar-refractivity contribution in [1.29, 1.82) is 0 Å². The maximum Gasteiger partial charge on any atom is 0.534 e. The number of rotatable bonds is 2. The standard InChI is InChI=1S/C19H12ClF4N3O4S/c1-26-14-7-13(27-12-5-9(20)10(21)6-11(12)25-17(14)27)16-8(18(26)28)3-2-4-15(16)31-32(29,30)19(22,23)24/h2-6,13-14H,7H2,1H3/t13-,14-/m1/s1. The van der Waals surface area contributed by atoms with Gasteiger partial charge in [0.15, 0.2) is 0 Å². The average Bonchev–Trinajstić information content (AvgIpc) is 3.20. The first-order valence-electron chi connectivity index (χ1n) is 9.18. The van der Waals surface area contributed by atoms with E-state index in [-0.39, 0.29) is 28.1 Å². The van der Waals surface area contributed by atoms with E-state index >= 15 is 0 Å². The van der Waals surface area contributed by atoms with Gasteiger partial charge < -0.3 is 13.7 Å². The Labute approximate surface area is 183 Å². The molecule has 0 fully saturated rings. The molecule has 1 amide bonds. The zero-order chi connectivity index (χ0) is 23.2. The number of carbonyl (C=O) groups excluding carboxylic acids is 1. The number of imidazole rings is 1. The Kier molecular flexibility index (Phi) is 4.32. The lowest BCUT2D eigenvalue weighted by atomic mass is 9.98. The van der Waals surface area contributed by atoms with Crippen LogP contribution in [0.2, 0.25) is 5.02 Å². The predicted octanol–water partition coefficient (Wildman–Crippen LogP) is 4.18. The van der Waals surface area contributed by atoms with Crippen LogP contribution in [0.5, 0.6) is 5.75 Å². The van der Waals surface area contributed by atoms with Gasteiger partial charge in [-0.3, -0.25) is 4.79 Å². The van der Waals surface area contributed by atoms with Crippen LogP contribution in [0, 0.1) is 5.82 Å². The summed E-state index contributed by atoms with van der Waals surface area (Å²) in [7, 11) is -4.48. The molecule has 1 aromatic heterocycles. The second-order valence-corrected chi connectivity index (χ2v) is 9.42. The third-order valence-electron chi connectivity index (χ3n) is 5.72. The molecular formula is C19H12ClF4N3O4S. The molecule has 168 valence electrons. The highest BCUT2D eigenvalue weighted by molar-refractivity contribution is 7.88. The Morgan fingerprint density at radius 2 is 1.94 bits per heavy atom. The molecule has 0 spiro atoms. The van der Waals surface area contributed by atoms with Crippen LogP contribution in [0.1, 0.15) is 40.3 Å². The number of halogens is 5. The maximum absolute atomic E-state index is 14.0. The van der Waals surface area contributed by atoms with E-state index in [0.717, 1.165) is 12.1 Å². The Morgan fingerprint density at radius 3 is 2.62 bits per heavy atom. The summed E-state index contributed by atoms with van der Waals surface area (Å²) in [6.45, 7) is 0. The van der Waals surface area contributed by atoms with Gasteiger partial charge in [-0.2, -0.15) is 21.6 Å². The highest BCUT2D eigenvalue weighted by Gasteiger charge is 2.50. The van der Waals surface area contributed by atoms with Crippen LogP contribution < -0.4 is 4.18 Å². The zero-order valence-electron chi connectivity index (χ0n) is 16.0. The molecular weight excluding hydrogens is 478 g/mol. The van der Waals surface area contributed by atoms with Gasteiger partial charge in [-0.1, -0.05) is 17.7 Å². The van der Waals surface area contributed by atoms with Crippen molar-refractivity contribution in [3.05, 3.63) is 58.1 Å². The summed E-state index contributed by atoms with van der Waals surface area (Å²) in [5.74, 6) is -1.48. The Balaban J connectivity index is 1.78. The van der Waals surface area contributed by atoms with Gasteiger partial charge in [-0.05, 0) is 18.2 Å². The van der Waals surface area contributed by atoms with Gasteiger partial charge >= 0.3 is 15.6 Å². The molecule has 2 aromatic carbocycles. The van der Waals surface area contributed by atoms with Crippen LogP contribution >= 0.6 is 11.6 Å². The molecule has 3 heterocycles. The third-order valence-corrected chi connectivity index (χ3v) is 6.97. The summed E-state index contributed by atoms with van der Waals surface area (Å²) < 4.78 is 82.4. The van der Waals surface area contributed by atoms with Crippen molar-refractivity contribution < 1.29 is 35.0 Å². The van der Waals surface area contributed by atoms with E-state index in [0.29, 0.717) is 11.3 Å². The van der Waals surface area contributed by atoms with E-state index in [1.807, 2.05) is 0 Å².